The minimum atomic E-state index is 0.104. The lowest BCUT2D eigenvalue weighted by Gasteiger charge is -2.39. The first kappa shape index (κ1) is 8.77. The monoisotopic (exact) mass is 176 g/mol. The van der Waals surface area contributed by atoms with Crippen molar-refractivity contribution in [3.63, 3.8) is 0 Å². The van der Waals surface area contributed by atoms with Crippen molar-refractivity contribution in [1.82, 2.24) is 5.32 Å². The third-order valence-electron chi connectivity index (χ3n) is 3.33. The van der Waals surface area contributed by atoms with E-state index >= 15 is 0 Å². The Morgan fingerprint density at radius 1 is 1.38 bits per heavy atom. The molecule has 13 heavy (non-hydrogen) atoms. The minimum absolute atomic E-state index is 0.104. The van der Waals surface area contributed by atoms with E-state index in [0.717, 1.165) is 18.8 Å². The smallest absolute Gasteiger partial charge is 0.0955 e. The van der Waals surface area contributed by atoms with Gasteiger partial charge in [-0.1, -0.05) is 12.2 Å². The summed E-state index contributed by atoms with van der Waals surface area (Å²) < 4.78 is 0. The molecule has 2 rings (SSSR count). The lowest BCUT2D eigenvalue weighted by molar-refractivity contribution is 0.220. The van der Waals surface area contributed by atoms with Crippen LogP contribution in [0.2, 0.25) is 0 Å². The van der Waals surface area contributed by atoms with Gasteiger partial charge in [0.2, 0.25) is 0 Å². The Hall–Kier alpha value is -0.810. The zero-order valence-corrected chi connectivity index (χ0v) is 7.92. The number of fused-ring (bicyclic) bond motifs is 1. The maximum atomic E-state index is 8.80. The fourth-order valence-electron chi connectivity index (χ4n) is 2.56. The first-order valence-electron chi connectivity index (χ1n) is 5.12. The van der Waals surface area contributed by atoms with Crippen molar-refractivity contribution >= 4 is 0 Å². The first-order chi connectivity index (χ1) is 6.29. The molecule has 0 aromatic carbocycles. The van der Waals surface area contributed by atoms with Gasteiger partial charge in [0.1, 0.15) is 0 Å². The average molecular weight is 176 g/mol. The van der Waals surface area contributed by atoms with Crippen LogP contribution in [0.1, 0.15) is 32.1 Å². The fourth-order valence-corrected chi connectivity index (χ4v) is 2.56. The van der Waals surface area contributed by atoms with Crippen molar-refractivity contribution in [2.75, 3.05) is 0 Å². The molecule has 1 saturated heterocycles. The van der Waals surface area contributed by atoms with Gasteiger partial charge in [0.15, 0.2) is 0 Å². The summed E-state index contributed by atoms with van der Waals surface area (Å²) in [5.74, 6) is 0.755. The molecule has 0 spiro atoms. The maximum Gasteiger partial charge on any atom is 0.0955 e. The summed E-state index contributed by atoms with van der Waals surface area (Å²) in [6.07, 6.45) is 5.73. The summed E-state index contributed by atoms with van der Waals surface area (Å²) in [5.41, 5.74) is 1.40. The highest BCUT2D eigenvalue weighted by molar-refractivity contribution is 5.07. The zero-order chi connectivity index (χ0) is 9.26. The molecule has 1 N–H and O–H groups in total. The Morgan fingerprint density at radius 2 is 2.23 bits per heavy atom. The van der Waals surface area contributed by atoms with E-state index in [1.165, 1.54) is 24.8 Å². The second-order valence-electron chi connectivity index (χ2n) is 4.29. The van der Waals surface area contributed by atoms with Gasteiger partial charge in [-0.2, -0.15) is 5.26 Å². The molecule has 1 aliphatic heterocycles. The van der Waals surface area contributed by atoms with E-state index in [2.05, 4.69) is 18.0 Å². The highest BCUT2D eigenvalue weighted by Crippen LogP contribution is 2.34. The Labute approximate surface area is 79.6 Å². The summed E-state index contributed by atoms with van der Waals surface area (Å²) in [4.78, 5) is 0. The molecule has 0 radical (unpaired) electrons. The quantitative estimate of drug-likeness (QED) is 0.573. The molecule has 0 bridgehead atoms. The van der Waals surface area contributed by atoms with Crippen molar-refractivity contribution in [3.05, 3.63) is 12.2 Å². The average Bonchev–Trinajstić information content (AvgIpc) is 2.17. The van der Waals surface area contributed by atoms with Gasteiger partial charge < -0.3 is 0 Å². The Balaban J connectivity index is 1.98. The third kappa shape index (κ3) is 1.76. The normalized spacial score (nSPS) is 39.3. The standard InChI is InChI=1S/C11H16N2/c1-8-2-5-11-9(6-8)3-4-10(7-12)13-11/h9-11,13H,1-6H2. The molecule has 2 aliphatic rings. The van der Waals surface area contributed by atoms with Gasteiger partial charge in [-0.05, 0) is 38.0 Å². The molecular formula is C11H16N2. The number of nitrogens with one attached hydrogen (secondary N) is 1. The number of hydrogen-bond donors (Lipinski definition) is 1. The molecule has 0 aromatic rings. The van der Waals surface area contributed by atoms with Crippen molar-refractivity contribution in [3.8, 4) is 6.07 Å². The minimum Gasteiger partial charge on any atom is -0.299 e. The van der Waals surface area contributed by atoms with Crippen LogP contribution < -0.4 is 5.32 Å². The van der Waals surface area contributed by atoms with Crippen LogP contribution in [0.4, 0.5) is 0 Å². The van der Waals surface area contributed by atoms with E-state index in [1.54, 1.807) is 0 Å². The predicted octanol–water partition coefficient (Wildman–Crippen LogP) is 1.99. The molecule has 0 aromatic heterocycles. The van der Waals surface area contributed by atoms with Crippen LogP contribution in [0, 0.1) is 17.2 Å². The van der Waals surface area contributed by atoms with Crippen LogP contribution in [-0.4, -0.2) is 12.1 Å². The largest absolute Gasteiger partial charge is 0.299 e. The number of allylic oxidation sites excluding steroid dienone is 1. The van der Waals surface area contributed by atoms with E-state index in [-0.39, 0.29) is 6.04 Å². The molecule has 0 amide bonds. The molecular weight excluding hydrogens is 160 g/mol. The SMILES string of the molecule is C=C1CCC2NC(C#N)CCC2C1. The molecule has 2 fully saturated rings. The summed E-state index contributed by atoms with van der Waals surface area (Å²) >= 11 is 0. The zero-order valence-electron chi connectivity index (χ0n) is 7.92. The lowest BCUT2D eigenvalue weighted by Crippen LogP contribution is -2.48. The van der Waals surface area contributed by atoms with E-state index in [9.17, 15) is 0 Å². The van der Waals surface area contributed by atoms with Crippen LogP contribution in [0.25, 0.3) is 0 Å². The lowest BCUT2D eigenvalue weighted by atomic mass is 9.76. The highest BCUT2D eigenvalue weighted by atomic mass is 15.0. The Kier molecular flexibility index (Phi) is 2.37. The second kappa shape index (κ2) is 3.51. The highest BCUT2D eigenvalue weighted by Gasteiger charge is 2.32. The van der Waals surface area contributed by atoms with Crippen molar-refractivity contribution in [2.24, 2.45) is 5.92 Å². The Morgan fingerprint density at radius 3 is 3.00 bits per heavy atom. The summed E-state index contributed by atoms with van der Waals surface area (Å²) in [5, 5.41) is 12.2. The van der Waals surface area contributed by atoms with Crippen molar-refractivity contribution in [2.45, 2.75) is 44.2 Å². The summed E-state index contributed by atoms with van der Waals surface area (Å²) in [6, 6.07) is 3.01. The van der Waals surface area contributed by atoms with Gasteiger partial charge in [-0.3, -0.25) is 5.32 Å². The maximum absolute atomic E-state index is 8.80. The molecule has 70 valence electrons. The van der Waals surface area contributed by atoms with Gasteiger partial charge in [-0.15, -0.1) is 0 Å². The topological polar surface area (TPSA) is 35.8 Å². The van der Waals surface area contributed by atoms with E-state index in [0.29, 0.717) is 6.04 Å². The number of rotatable bonds is 0. The first-order valence-corrected chi connectivity index (χ1v) is 5.12. The van der Waals surface area contributed by atoms with E-state index in [1.807, 2.05) is 0 Å². The molecule has 2 nitrogen and oxygen atoms in total. The number of nitrogens with zero attached hydrogens (tertiary/aromatic N) is 1. The van der Waals surface area contributed by atoms with Gasteiger partial charge in [-0.25, -0.2) is 0 Å². The number of nitriles is 1. The van der Waals surface area contributed by atoms with Crippen LogP contribution in [0.5, 0.6) is 0 Å². The summed E-state index contributed by atoms with van der Waals surface area (Å²) in [6.45, 7) is 4.05. The number of hydrogen-bond acceptors (Lipinski definition) is 2. The molecule has 1 aliphatic carbocycles. The van der Waals surface area contributed by atoms with Gasteiger partial charge in [0.05, 0.1) is 12.1 Å². The summed E-state index contributed by atoms with van der Waals surface area (Å²) in [7, 11) is 0. The molecule has 2 heteroatoms. The fraction of sp³-hybridized carbons (Fsp3) is 0.727. The molecule has 3 atom stereocenters. The van der Waals surface area contributed by atoms with Crippen LogP contribution in [0.15, 0.2) is 12.2 Å². The second-order valence-corrected chi connectivity index (χ2v) is 4.29. The predicted molar refractivity (Wildman–Crippen MR) is 52.0 cm³/mol. The van der Waals surface area contributed by atoms with Gasteiger partial charge >= 0.3 is 0 Å². The molecule has 3 unspecified atom stereocenters. The number of piperidine rings is 1. The molecule has 1 heterocycles. The third-order valence-corrected chi connectivity index (χ3v) is 3.33. The van der Waals surface area contributed by atoms with Crippen LogP contribution in [0.3, 0.4) is 0 Å². The van der Waals surface area contributed by atoms with Gasteiger partial charge in [0, 0.05) is 6.04 Å². The van der Waals surface area contributed by atoms with E-state index < -0.39 is 0 Å². The van der Waals surface area contributed by atoms with E-state index in [4.69, 9.17) is 5.26 Å². The van der Waals surface area contributed by atoms with Crippen LogP contribution in [-0.2, 0) is 0 Å². The van der Waals surface area contributed by atoms with Gasteiger partial charge in [0.25, 0.3) is 0 Å². The van der Waals surface area contributed by atoms with Crippen molar-refractivity contribution < 1.29 is 0 Å². The van der Waals surface area contributed by atoms with Crippen LogP contribution >= 0.6 is 0 Å². The van der Waals surface area contributed by atoms with Crippen molar-refractivity contribution in [1.29, 1.82) is 5.26 Å². The Bertz CT molecular complexity index is 251. The molecule has 1 saturated carbocycles.